The van der Waals surface area contributed by atoms with E-state index in [0.29, 0.717) is 12.3 Å². The topological polar surface area (TPSA) is 34.1 Å². The zero-order valence-corrected chi connectivity index (χ0v) is 10.1. The standard InChI is InChI=1S/C13H20O2/c1-5-9(14)10-8-6-7-13(4,11(10)15)12(8,2)3/h8,10H,5-7H2,1-4H3/t8-,10+,13+/m0/s1. The Labute approximate surface area is 91.4 Å². The summed E-state index contributed by atoms with van der Waals surface area (Å²) in [4.78, 5) is 24.1. The second-order valence-corrected chi connectivity index (χ2v) is 5.86. The van der Waals surface area contributed by atoms with Crippen molar-refractivity contribution in [2.75, 3.05) is 0 Å². The van der Waals surface area contributed by atoms with Crippen LogP contribution in [-0.4, -0.2) is 11.6 Å². The van der Waals surface area contributed by atoms with Gasteiger partial charge >= 0.3 is 0 Å². The highest BCUT2D eigenvalue weighted by Crippen LogP contribution is 2.65. The van der Waals surface area contributed by atoms with Crippen LogP contribution in [-0.2, 0) is 9.59 Å². The van der Waals surface area contributed by atoms with Crippen LogP contribution in [0.5, 0.6) is 0 Å². The average Bonchev–Trinajstić information content (AvgIpc) is 2.48. The van der Waals surface area contributed by atoms with Gasteiger partial charge < -0.3 is 0 Å². The molecule has 2 saturated carbocycles. The third kappa shape index (κ3) is 1.05. The van der Waals surface area contributed by atoms with E-state index in [1.807, 2.05) is 6.92 Å². The largest absolute Gasteiger partial charge is 0.299 e. The Hall–Kier alpha value is -0.660. The second-order valence-electron chi connectivity index (χ2n) is 5.86. The Balaban J connectivity index is 2.42. The maximum absolute atomic E-state index is 12.3. The first-order valence-corrected chi connectivity index (χ1v) is 5.93. The van der Waals surface area contributed by atoms with E-state index >= 15 is 0 Å². The van der Waals surface area contributed by atoms with Crippen LogP contribution in [0.2, 0.25) is 0 Å². The Morgan fingerprint density at radius 3 is 2.40 bits per heavy atom. The summed E-state index contributed by atoms with van der Waals surface area (Å²) in [5.74, 6) is 0.378. The summed E-state index contributed by atoms with van der Waals surface area (Å²) in [6.07, 6.45) is 2.52. The van der Waals surface area contributed by atoms with E-state index < -0.39 is 0 Å². The molecule has 0 saturated heterocycles. The summed E-state index contributed by atoms with van der Waals surface area (Å²) >= 11 is 0. The van der Waals surface area contributed by atoms with E-state index in [1.165, 1.54) is 0 Å². The van der Waals surface area contributed by atoms with Gasteiger partial charge in [0.15, 0.2) is 0 Å². The van der Waals surface area contributed by atoms with E-state index in [0.717, 1.165) is 12.8 Å². The summed E-state index contributed by atoms with van der Waals surface area (Å²) in [5.41, 5.74) is -0.229. The summed E-state index contributed by atoms with van der Waals surface area (Å²) < 4.78 is 0. The molecular formula is C13H20O2. The number of Topliss-reactive ketones (excluding diaryl/α,β-unsaturated/α-hetero) is 2. The molecule has 0 aromatic carbocycles. The quantitative estimate of drug-likeness (QED) is 0.654. The minimum absolute atomic E-state index is 0.0135. The molecule has 0 N–H and O–H groups in total. The molecule has 2 nitrogen and oxygen atoms in total. The number of hydrogen-bond donors (Lipinski definition) is 0. The molecular weight excluding hydrogens is 188 g/mol. The lowest BCUT2D eigenvalue weighted by molar-refractivity contribution is -0.137. The summed E-state index contributed by atoms with van der Waals surface area (Å²) in [7, 11) is 0. The first-order valence-electron chi connectivity index (χ1n) is 5.93. The molecule has 2 fully saturated rings. The van der Waals surface area contributed by atoms with Gasteiger partial charge in [-0.1, -0.05) is 27.7 Å². The van der Waals surface area contributed by atoms with Crippen molar-refractivity contribution in [1.29, 1.82) is 0 Å². The first kappa shape index (κ1) is 10.8. The second kappa shape index (κ2) is 2.93. The minimum Gasteiger partial charge on any atom is -0.299 e. The van der Waals surface area contributed by atoms with E-state index in [1.54, 1.807) is 0 Å². The normalized spacial score (nSPS) is 42.3. The number of carbonyl (C=O) groups excluding carboxylic acids is 2. The van der Waals surface area contributed by atoms with E-state index in [9.17, 15) is 9.59 Å². The molecule has 0 aromatic rings. The fraction of sp³-hybridized carbons (Fsp3) is 0.846. The Kier molecular flexibility index (Phi) is 2.12. The van der Waals surface area contributed by atoms with Gasteiger partial charge in [0.1, 0.15) is 11.6 Å². The van der Waals surface area contributed by atoms with Gasteiger partial charge in [-0.15, -0.1) is 0 Å². The van der Waals surface area contributed by atoms with Crippen molar-refractivity contribution >= 4 is 11.6 Å². The molecule has 0 radical (unpaired) electrons. The monoisotopic (exact) mass is 208 g/mol. The molecule has 2 bridgehead atoms. The molecule has 0 spiro atoms. The molecule has 2 rings (SSSR count). The van der Waals surface area contributed by atoms with Crippen molar-refractivity contribution < 1.29 is 9.59 Å². The average molecular weight is 208 g/mol. The van der Waals surface area contributed by atoms with Gasteiger partial charge in [-0.25, -0.2) is 0 Å². The van der Waals surface area contributed by atoms with Crippen molar-refractivity contribution in [3.8, 4) is 0 Å². The number of carbonyl (C=O) groups is 2. The zero-order chi connectivity index (χ0) is 11.4. The highest BCUT2D eigenvalue weighted by atomic mass is 16.2. The number of fused-ring (bicyclic) bond motifs is 2. The van der Waals surface area contributed by atoms with Crippen molar-refractivity contribution in [1.82, 2.24) is 0 Å². The van der Waals surface area contributed by atoms with Gasteiger partial charge in [0.2, 0.25) is 0 Å². The lowest BCUT2D eigenvalue weighted by Crippen LogP contribution is -2.35. The highest BCUT2D eigenvalue weighted by molar-refractivity contribution is 6.08. The van der Waals surface area contributed by atoms with Gasteiger partial charge in [0.25, 0.3) is 0 Å². The Morgan fingerprint density at radius 2 is 2.00 bits per heavy atom. The molecule has 2 aliphatic rings. The predicted molar refractivity (Wildman–Crippen MR) is 58.4 cm³/mol. The minimum atomic E-state index is -0.288. The fourth-order valence-corrected chi connectivity index (χ4v) is 3.68. The smallest absolute Gasteiger partial charge is 0.150 e. The highest BCUT2D eigenvalue weighted by Gasteiger charge is 2.67. The van der Waals surface area contributed by atoms with Crippen molar-refractivity contribution in [3.05, 3.63) is 0 Å². The zero-order valence-electron chi connectivity index (χ0n) is 10.1. The van der Waals surface area contributed by atoms with Gasteiger partial charge in [-0.05, 0) is 24.2 Å². The summed E-state index contributed by atoms with van der Waals surface area (Å²) in [6.45, 7) is 8.23. The summed E-state index contributed by atoms with van der Waals surface area (Å²) in [6, 6.07) is 0. The van der Waals surface area contributed by atoms with Gasteiger partial charge in [0, 0.05) is 11.8 Å². The van der Waals surface area contributed by atoms with Crippen LogP contribution in [0.15, 0.2) is 0 Å². The number of hydrogen-bond acceptors (Lipinski definition) is 2. The maximum Gasteiger partial charge on any atom is 0.150 e. The molecule has 0 heterocycles. The Morgan fingerprint density at radius 1 is 1.40 bits per heavy atom. The van der Waals surface area contributed by atoms with Crippen molar-refractivity contribution in [2.45, 2.75) is 47.0 Å². The van der Waals surface area contributed by atoms with E-state index in [2.05, 4.69) is 20.8 Å². The van der Waals surface area contributed by atoms with E-state index in [-0.39, 0.29) is 28.3 Å². The van der Waals surface area contributed by atoms with Crippen LogP contribution in [0, 0.1) is 22.7 Å². The molecule has 2 heteroatoms. The van der Waals surface area contributed by atoms with Crippen LogP contribution in [0.1, 0.15) is 47.0 Å². The SMILES string of the molecule is CCC(=O)[C@@H]1C(=O)[C@@]2(C)CC[C@@H]1C2(C)C. The van der Waals surface area contributed by atoms with Gasteiger partial charge in [-0.2, -0.15) is 0 Å². The van der Waals surface area contributed by atoms with Crippen molar-refractivity contribution in [3.63, 3.8) is 0 Å². The number of ketones is 2. The lowest BCUT2D eigenvalue weighted by Gasteiger charge is -2.32. The molecule has 0 unspecified atom stereocenters. The maximum atomic E-state index is 12.3. The van der Waals surface area contributed by atoms with Crippen LogP contribution in [0.25, 0.3) is 0 Å². The molecule has 84 valence electrons. The molecule has 15 heavy (non-hydrogen) atoms. The van der Waals surface area contributed by atoms with E-state index in [4.69, 9.17) is 0 Å². The first-order chi connectivity index (χ1) is 6.86. The molecule has 3 atom stereocenters. The Bertz CT molecular complexity index is 329. The molecule has 0 aromatic heterocycles. The number of rotatable bonds is 2. The molecule has 2 aliphatic carbocycles. The summed E-state index contributed by atoms with van der Waals surface area (Å²) in [5, 5.41) is 0. The molecule has 0 aliphatic heterocycles. The van der Waals surface area contributed by atoms with Crippen LogP contribution in [0.3, 0.4) is 0 Å². The van der Waals surface area contributed by atoms with Crippen molar-refractivity contribution in [2.24, 2.45) is 22.7 Å². The van der Waals surface area contributed by atoms with Crippen LogP contribution in [0.4, 0.5) is 0 Å². The van der Waals surface area contributed by atoms with Crippen LogP contribution < -0.4 is 0 Å². The van der Waals surface area contributed by atoms with Gasteiger partial charge in [0.05, 0.1) is 5.92 Å². The van der Waals surface area contributed by atoms with Gasteiger partial charge in [-0.3, -0.25) is 9.59 Å². The third-order valence-electron chi connectivity index (χ3n) is 5.23. The fourth-order valence-electron chi connectivity index (χ4n) is 3.68. The van der Waals surface area contributed by atoms with Crippen LogP contribution >= 0.6 is 0 Å². The third-order valence-corrected chi connectivity index (χ3v) is 5.23. The lowest BCUT2D eigenvalue weighted by atomic mass is 9.70. The molecule has 0 amide bonds. The predicted octanol–water partition coefficient (Wildman–Crippen LogP) is 2.61.